The fraction of sp³-hybridized carbons (Fsp3) is 0.935. The minimum absolute atomic E-state index is 0.176. The molecule has 8 atom stereocenters. The monoisotopic (exact) mass is 604 g/mol. The topological polar surface area (TPSA) is 150 Å². The van der Waals surface area contributed by atoms with Gasteiger partial charge in [-0.05, 0) is 12.8 Å². The number of ether oxygens (including phenoxy) is 6. The number of carbonyl (C=O) groups excluding carboxylic acids is 2. The molecule has 0 radical (unpaired) electrons. The molecule has 0 bridgehead atoms. The smallest absolute Gasteiger partial charge is 0.305 e. The first-order valence-corrected chi connectivity index (χ1v) is 16.2. The van der Waals surface area contributed by atoms with Crippen molar-refractivity contribution in [3.05, 3.63) is 0 Å². The van der Waals surface area contributed by atoms with Gasteiger partial charge in [-0.1, -0.05) is 90.9 Å². The van der Waals surface area contributed by atoms with Crippen LogP contribution in [0.5, 0.6) is 0 Å². The second-order valence-electron chi connectivity index (χ2n) is 11.5. The van der Waals surface area contributed by atoms with E-state index in [1.165, 1.54) is 58.5 Å². The van der Waals surface area contributed by atoms with Crippen molar-refractivity contribution < 1.29 is 53.3 Å². The second-order valence-corrected chi connectivity index (χ2v) is 11.5. The maximum absolute atomic E-state index is 12.2. The molecule has 246 valence electrons. The molecule has 3 N–H and O–H groups in total. The maximum Gasteiger partial charge on any atom is 0.305 e. The normalized spacial score (nSPS) is 29.2. The molecule has 2 saturated heterocycles. The van der Waals surface area contributed by atoms with Crippen LogP contribution >= 0.6 is 0 Å². The molecular weight excluding hydrogens is 548 g/mol. The summed E-state index contributed by atoms with van der Waals surface area (Å²) in [4.78, 5) is 24.3. The Morgan fingerprint density at radius 3 is 1.50 bits per heavy atom. The summed E-state index contributed by atoms with van der Waals surface area (Å²) in [6, 6.07) is 0. The molecule has 0 aromatic rings. The van der Waals surface area contributed by atoms with Crippen LogP contribution in [0.25, 0.3) is 0 Å². The van der Waals surface area contributed by atoms with Crippen molar-refractivity contribution in [1.82, 2.24) is 0 Å². The third-order valence-electron chi connectivity index (χ3n) is 7.92. The van der Waals surface area contributed by atoms with E-state index >= 15 is 0 Å². The van der Waals surface area contributed by atoms with Crippen LogP contribution in [0.1, 0.15) is 117 Å². The summed E-state index contributed by atoms with van der Waals surface area (Å²) in [5.41, 5.74) is 0. The molecular formula is C31H56O11. The van der Waals surface area contributed by atoms with E-state index in [1.807, 2.05) is 0 Å². The van der Waals surface area contributed by atoms with Gasteiger partial charge in [0.15, 0.2) is 12.6 Å². The summed E-state index contributed by atoms with van der Waals surface area (Å²) < 4.78 is 32.9. The first kappa shape index (κ1) is 36.8. The van der Waals surface area contributed by atoms with Gasteiger partial charge >= 0.3 is 11.9 Å². The van der Waals surface area contributed by atoms with Crippen molar-refractivity contribution in [3.8, 4) is 0 Å². The Balaban J connectivity index is 1.70. The highest BCUT2D eigenvalue weighted by atomic mass is 16.8. The minimum atomic E-state index is -1.44. The van der Waals surface area contributed by atoms with E-state index in [4.69, 9.17) is 28.4 Å². The van der Waals surface area contributed by atoms with E-state index in [9.17, 15) is 24.9 Å². The molecule has 0 amide bonds. The Morgan fingerprint density at radius 1 is 0.595 bits per heavy atom. The predicted molar refractivity (Wildman–Crippen MR) is 154 cm³/mol. The van der Waals surface area contributed by atoms with Gasteiger partial charge in [0.25, 0.3) is 0 Å². The minimum Gasteiger partial charge on any atom is -0.463 e. The lowest BCUT2D eigenvalue weighted by Crippen LogP contribution is -2.43. The largest absolute Gasteiger partial charge is 0.463 e. The van der Waals surface area contributed by atoms with E-state index in [0.29, 0.717) is 6.42 Å². The molecule has 0 aromatic heterocycles. The second kappa shape index (κ2) is 21.4. The number of aliphatic hydroxyl groups excluding tert-OH is 3. The van der Waals surface area contributed by atoms with Crippen molar-refractivity contribution in [2.24, 2.45) is 0 Å². The molecule has 11 nitrogen and oxygen atoms in total. The molecule has 2 aliphatic rings. The van der Waals surface area contributed by atoms with Gasteiger partial charge < -0.3 is 43.7 Å². The van der Waals surface area contributed by atoms with Gasteiger partial charge in [-0.2, -0.15) is 0 Å². The maximum atomic E-state index is 12.2. The number of hydrogen-bond donors (Lipinski definition) is 3. The Hall–Kier alpha value is -1.34. The van der Waals surface area contributed by atoms with Gasteiger partial charge in [-0.3, -0.25) is 9.59 Å². The van der Waals surface area contributed by atoms with E-state index in [2.05, 4.69) is 13.8 Å². The van der Waals surface area contributed by atoms with Crippen LogP contribution in [0.3, 0.4) is 0 Å². The van der Waals surface area contributed by atoms with E-state index in [0.717, 1.165) is 38.5 Å². The Kier molecular flexibility index (Phi) is 18.8. The highest BCUT2D eigenvalue weighted by Crippen LogP contribution is 2.31. The fourth-order valence-electron chi connectivity index (χ4n) is 5.24. The molecule has 2 aliphatic heterocycles. The highest BCUT2D eigenvalue weighted by Gasteiger charge is 2.51. The Morgan fingerprint density at radius 2 is 1.02 bits per heavy atom. The number of aliphatic hydroxyl groups is 3. The van der Waals surface area contributed by atoms with Crippen molar-refractivity contribution in [1.29, 1.82) is 0 Å². The van der Waals surface area contributed by atoms with Gasteiger partial charge in [0, 0.05) is 20.0 Å². The van der Waals surface area contributed by atoms with Crippen LogP contribution in [0, 0.1) is 0 Å². The zero-order chi connectivity index (χ0) is 30.7. The summed E-state index contributed by atoms with van der Waals surface area (Å²) in [5.74, 6) is -0.749. The number of rotatable bonds is 23. The van der Waals surface area contributed by atoms with Crippen molar-refractivity contribution in [2.75, 3.05) is 20.3 Å². The molecule has 0 spiro atoms. The van der Waals surface area contributed by atoms with E-state index in [-0.39, 0.29) is 31.6 Å². The summed E-state index contributed by atoms with van der Waals surface area (Å²) in [7, 11) is 1.37. The molecule has 42 heavy (non-hydrogen) atoms. The molecule has 2 fully saturated rings. The predicted octanol–water partition coefficient (Wildman–Crippen LogP) is 3.92. The van der Waals surface area contributed by atoms with Crippen LogP contribution in [0.4, 0.5) is 0 Å². The lowest BCUT2D eigenvalue weighted by Gasteiger charge is -2.25. The SMILES string of the molecule is CCCCCCCCCC(=O)OC[C@H]1O[C@@H](O[C@@H]2[C@@H](OC)O[C@H](COC(=O)CCCCCCCCC)[C@H]2O)[C@@H](O)[C@@H]1O. The molecule has 0 unspecified atom stereocenters. The van der Waals surface area contributed by atoms with Crippen molar-refractivity contribution in [2.45, 2.75) is 166 Å². The summed E-state index contributed by atoms with van der Waals surface area (Å²) >= 11 is 0. The molecule has 11 heteroatoms. The number of esters is 2. The van der Waals surface area contributed by atoms with Gasteiger partial charge in [0.05, 0.1) is 0 Å². The molecule has 0 aromatic carbocycles. The average molecular weight is 605 g/mol. The van der Waals surface area contributed by atoms with Gasteiger partial charge in [-0.25, -0.2) is 0 Å². The number of unbranched alkanes of at least 4 members (excludes halogenated alkanes) is 12. The van der Waals surface area contributed by atoms with E-state index < -0.39 is 49.2 Å². The van der Waals surface area contributed by atoms with Crippen molar-refractivity contribution in [3.63, 3.8) is 0 Å². The van der Waals surface area contributed by atoms with Crippen LogP contribution < -0.4 is 0 Å². The van der Waals surface area contributed by atoms with Gasteiger partial charge in [0.1, 0.15) is 49.8 Å². The van der Waals surface area contributed by atoms with Crippen LogP contribution in [-0.4, -0.2) is 96.8 Å². The van der Waals surface area contributed by atoms with Crippen LogP contribution in [0.15, 0.2) is 0 Å². The third kappa shape index (κ3) is 13.1. The number of methoxy groups -OCH3 is 1. The first-order valence-electron chi connectivity index (χ1n) is 16.2. The van der Waals surface area contributed by atoms with E-state index in [1.54, 1.807) is 0 Å². The van der Waals surface area contributed by atoms with Gasteiger partial charge in [-0.15, -0.1) is 0 Å². The Bertz CT molecular complexity index is 736. The number of carbonyl (C=O) groups is 2. The summed E-state index contributed by atoms with van der Waals surface area (Å²) in [6.07, 6.45) is 6.48. The summed E-state index contributed by atoms with van der Waals surface area (Å²) in [5, 5.41) is 31.7. The van der Waals surface area contributed by atoms with Gasteiger partial charge in [0.2, 0.25) is 0 Å². The number of hydrogen-bond acceptors (Lipinski definition) is 11. The zero-order valence-corrected chi connectivity index (χ0v) is 26.0. The molecule has 2 rings (SSSR count). The molecule has 0 aliphatic carbocycles. The highest BCUT2D eigenvalue weighted by molar-refractivity contribution is 5.69. The fourth-order valence-corrected chi connectivity index (χ4v) is 5.24. The lowest BCUT2D eigenvalue weighted by molar-refractivity contribution is -0.242. The molecule has 0 saturated carbocycles. The zero-order valence-electron chi connectivity index (χ0n) is 26.0. The first-order chi connectivity index (χ1) is 20.3. The third-order valence-corrected chi connectivity index (χ3v) is 7.92. The summed E-state index contributed by atoms with van der Waals surface area (Å²) in [6.45, 7) is 3.94. The van der Waals surface area contributed by atoms with Crippen LogP contribution in [0.2, 0.25) is 0 Å². The quantitative estimate of drug-likeness (QED) is 0.115. The van der Waals surface area contributed by atoms with Crippen molar-refractivity contribution >= 4 is 11.9 Å². The lowest BCUT2D eigenvalue weighted by atomic mass is 10.1. The Labute approximate surface area is 251 Å². The molecule has 2 heterocycles. The average Bonchev–Trinajstić information content (AvgIpc) is 3.43. The standard InChI is InChI=1S/C31H56O11/c1-4-6-8-10-12-14-16-18-24(32)38-20-22-26(34)28(36)30(40-22)42-29-27(35)23(41-31(29)37-3)21-39-25(33)19-17-15-13-11-9-7-5-2/h22-23,26-31,34-36H,4-21H2,1-3H3/t22-,23-,26-,27-,28+,29+,30+,31+/m1/s1. The van der Waals surface area contributed by atoms with Crippen LogP contribution in [-0.2, 0) is 38.0 Å².